The molecule has 0 aliphatic heterocycles. The van der Waals surface area contributed by atoms with Gasteiger partial charge in [0, 0.05) is 11.3 Å². The first-order chi connectivity index (χ1) is 11.5. The predicted molar refractivity (Wildman–Crippen MR) is 92.8 cm³/mol. The maximum absolute atomic E-state index is 14.2. The summed E-state index contributed by atoms with van der Waals surface area (Å²) in [6.45, 7) is 3.93. The van der Waals surface area contributed by atoms with E-state index in [1.165, 1.54) is 6.07 Å². The third-order valence-electron chi connectivity index (χ3n) is 4.52. The topological polar surface area (TPSA) is 38.3 Å². The highest BCUT2D eigenvalue weighted by Gasteiger charge is 2.47. The molecule has 0 heterocycles. The van der Waals surface area contributed by atoms with E-state index in [1.54, 1.807) is 18.2 Å². The van der Waals surface area contributed by atoms with E-state index in [0.717, 1.165) is 12.2 Å². The van der Waals surface area contributed by atoms with E-state index in [0.29, 0.717) is 24.1 Å². The minimum absolute atomic E-state index is 0.102. The number of carbonyl (C=O) groups is 1. The van der Waals surface area contributed by atoms with Crippen LogP contribution >= 0.6 is 0 Å². The van der Waals surface area contributed by atoms with Gasteiger partial charge in [-0.25, -0.2) is 4.39 Å². The van der Waals surface area contributed by atoms with Crippen LogP contribution in [0.15, 0.2) is 48.5 Å². The molecule has 126 valence electrons. The summed E-state index contributed by atoms with van der Waals surface area (Å²) in [6, 6.07) is 13.8. The molecule has 4 heteroatoms. The summed E-state index contributed by atoms with van der Waals surface area (Å²) in [7, 11) is 0. The average molecular weight is 327 g/mol. The smallest absolute Gasteiger partial charge is 0.235 e. The van der Waals surface area contributed by atoms with E-state index in [-0.39, 0.29) is 17.8 Å². The first-order valence-electron chi connectivity index (χ1n) is 8.34. The van der Waals surface area contributed by atoms with Gasteiger partial charge in [0.15, 0.2) is 0 Å². The van der Waals surface area contributed by atoms with Gasteiger partial charge in [0.25, 0.3) is 0 Å². The van der Waals surface area contributed by atoms with Crippen molar-refractivity contribution in [2.75, 3.05) is 5.32 Å². The van der Waals surface area contributed by atoms with Crippen LogP contribution in [-0.4, -0.2) is 12.0 Å². The molecular weight excluding hydrogens is 305 g/mol. The third kappa shape index (κ3) is 3.14. The number of carbonyl (C=O) groups excluding carboxylic acids is 1. The zero-order valence-corrected chi connectivity index (χ0v) is 14.0. The minimum atomic E-state index is -0.752. The fourth-order valence-corrected chi connectivity index (χ4v) is 3.14. The molecule has 0 bridgehead atoms. The standard InChI is InChI=1S/C20H22FNO2/c1-14(2)24-16-10-8-15(9-11-16)22-19(23)20(12-5-13-20)17-6-3-4-7-18(17)21/h3-4,6-11,14H,5,12-13H2,1-2H3,(H,22,23). The van der Waals surface area contributed by atoms with Gasteiger partial charge in [-0.1, -0.05) is 24.6 Å². The molecule has 1 aliphatic rings. The molecule has 1 saturated carbocycles. The predicted octanol–water partition coefficient (Wildman–Crippen LogP) is 4.67. The Labute approximate surface area is 141 Å². The summed E-state index contributed by atoms with van der Waals surface area (Å²) in [6.07, 6.45) is 2.38. The van der Waals surface area contributed by atoms with E-state index in [2.05, 4.69) is 5.32 Å². The van der Waals surface area contributed by atoms with E-state index >= 15 is 0 Å². The Hall–Kier alpha value is -2.36. The maximum Gasteiger partial charge on any atom is 0.235 e. The Morgan fingerprint density at radius 1 is 1.12 bits per heavy atom. The molecule has 2 aromatic rings. The van der Waals surface area contributed by atoms with Crippen molar-refractivity contribution in [3.05, 3.63) is 59.9 Å². The first kappa shape index (κ1) is 16.5. The summed E-state index contributed by atoms with van der Waals surface area (Å²) >= 11 is 0. The van der Waals surface area contributed by atoms with Crippen LogP contribution in [0.5, 0.6) is 5.75 Å². The molecule has 2 aromatic carbocycles. The maximum atomic E-state index is 14.2. The van der Waals surface area contributed by atoms with E-state index in [4.69, 9.17) is 4.74 Å². The molecular formula is C20H22FNO2. The van der Waals surface area contributed by atoms with Crippen LogP contribution in [0.25, 0.3) is 0 Å². The number of anilines is 1. The van der Waals surface area contributed by atoms with Crippen LogP contribution < -0.4 is 10.1 Å². The van der Waals surface area contributed by atoms with E-state index < -0.39 is 5.41 Å². The van der Waals surface area contributed by atoms with Crippen molar-refractivity contribution < 1.29 is 13.9 Å². The van der Waals surface area contributed by atoms with E-state index in [1.807, 2.05) is 38.1 Å². The SMILES string of the molecule is CC(C)Oc1ccc(NC(=O)C2(c3ccccc3F)CCC2)cc1. The number of hydrogen-bond donors (Lipinski definition) is 1. The lowest BCUT2D eigenvalue weighted by Crippen LogP contribution is -2.46. The monoisotopic (exact) mass is 327 g/mol. The highest BCUT2D eigenvalue weighted by molar-refractivity contribution is 6.00. The second-order valence-electron chi connectivity index (χ2n) is 6.56. The van der Waals surface area contributed by atoms with Crippen LogP contribution in [0.2, 0.25) is 0 Å². The molecule has 1 fully saturated rings. The molecule has 24 heavy (non-hydrogen) atoms. The Kier molecular flexibility index (Phi) is 4.56. The van der Waals surface area contributed by atoms with Crippen molar-refractivity contribution in [2.24, 2.45) is 0 Å². The third-order valence-corrected chi connectivity index (χ3v) is 4.52. The highest BCUT2D eigenvalue weighted by atomic mass is 19.1. The Morgan fingerprint density at radius 2 is 1.79 bits per heavy atom. The number of hydrogen-bond acceptors (Lipinski definition) is 2. The molecule has 0 unspecified atom stereocenters. The van der Waals surface area contributed by atoms with Gasteiger partial charge in [-0.05, 0) is 57.0 Å². The lowest BCUT2D eigenvalue weighted by atomic mass is 9.63. The lowest BCUT2D eigenvalue weighted by molar-refractivity contribution is -0.124. The highest BCUT2D eigenvalue weighted by Crippen LogP contribution is 2.45. The van der Waals surface area contributed by atoms with Crippen molar-refractivity contribution in [3.8, 4) is 5.75 Å². The summed E-state index contributed by atoms with van der Waals surface area (Å²) < 4.78 is 19.8. The van der Waals surface area contributed by atoms with Crippen LogP contribution in [0, 0.1) is 5.82 Å². The van der Waals surface area contributed by atoms with Crippen molar-refractivity contribution in [3.63, 3.8) is 0 Å². The lowest BCUT2D eigenvalue weighted by Gasteiger charge is -2.40. The molecule has 0 aromatic heterocycles. The van der Waals surface area contributed by atoms with E-state index in [9.17, 15) is 9.18 Å². The normalized spacial score (nSPS) is 15.7. The number of ether oxygens (including phenoxy) is 1. The van der Waals surface area contributed by atoms with Crippen molar-refractivity contribution >= 4 is 11.6 Å². The molecule has 0 radical (unpaired) electrons. The van der Waals surface area contributed by atoms with Gasteiger partial charge >= 0.3 is 0 Å². The number of nitrogens with one attached hydrogen (secondary N) is 1. The Morgan fingerprint density at radius 3 is 2.33 bits per heavy atom. The molecule has 1 amide bonds. The quantitative estimate of drug-likeness (QED) is 0.866. The van der Waals surface area contributed by atoms with Gasteiger partial charge in [0.05, 0.1) is 11.5 Å². The zero-order chi connectivity index (χ0) is 17.2. The van der Waals surface area contributed by atoms with Crippen molar-refractivity contribution in [1.82, 2.24) is 0 Å². The van der Waals surface area contributed by atoms with Gasteiger partial charge in [0.2, 0.25) is 5.91 Å². The van der Waals surface area contributed by atoms with Crippen LogP contribution in [-0.2, 0) is 10.2 Å². The molecule has 0 atom stereocenters. The van der Waals surface area contributed by atoms with Gasteiger partial charge < -0.3 is 10.1 Å². The molecule has 3 rings (SSSR count). The number of benzene rings is 2. The van der Waals surface area contributed by atoms with Gasteiger partial charge in [-0.3, -0.25) is 4.79 Å². The number of halogens is 1. The average Bonchev–Trinajstić information content (AvgIpc) is 2.49. The van der Waals surface area contributed by atoms with Crippen molar-refractivity contribution in [1.29, 1.82) is 0 Å². The summed E-state index contributed by atoms with van der Waals surface area (Å²) in [5, 5.41) is 2.93. The molecule has 0 spiro atoms. The fourth-order valence-electron chi connectivity index (χ4n) is 3.14. The fraction of sp³-hybridized carbons (Fsp3) is 0.350. The second-order valence-corrected chi connectivity index (χ2v) is 6.56. The summed E-state index contributed by atoms with van der Waals surface area (Å²) in [5.41, 5.74) is 0.436. The van der Waals surface area contributed by atoms with Gasteiger partial charge in [0.1, 0.15) is 11.6 Å². The van der Waals surface area contributed by atoms with Gasteiger partial charge in [-0.15, -0.1) is 0 Å². The molecule has 3 nitrogen and oxygen atoms in total. The van der Waals surface area contributed by atoms with Crippen LogP contribution in [0.3, 0.4) is 0 Å². The number of amides is 1. The van der Waals surface area contributed by atoms with Crippen LogP contribution in [0.4, 0.5) is 10.1 Å². The molecule has 1 N–H and O–H groups in total. The summed E-state index contributed by atoms with van der Waals surface area (Å²) in [4.78, 5) is 12.8. The van der Waals surface area contributed by atoms with Crippen molar-refractivity contribution in [2.45, 2.75) is 44.6 Å². The second kappa shape index (κ2) is 6.63. The van der Waals surface area contributed by atoms with Crippen LogP contribution in [0.1, 0.15) is 38.7 Å². The molecule has 0 saturated heterocycles. The summed E-state index contributed by atoms with van der Waals surface area (Å²) in [5.74, 6) is 0.305. The Bertz CT molecular complexity index is 721. The zero-order valence-electron chi connectivity index (χ0n) is 14.0. The number of rotatable bonds is 5. The minimum Gasteiger partial charge on any atom is -0.491 e. The largest absolute Gasteiger partial charge is 0.491 e. The van der Waals surface area contributed by atoms with Gasteiger partial charge in [-0.2, -0.15) is 0 Å². The first-order valence-corrected chi connectivity index (χ1v) is 8.34. The molecule has 1 aliphatic carbocycles. The Balaban J connectivity index is 1.77.